The van der Waals surface area contributed by atoms with Gasteiger partial charge in [-0.3, -0.25) is 4.79 Å². The minimum atomic E-state index is -0.530. The van der Waals surface area contributed by atoms with Gasteiger partial charge in [0.05, 0.1) is 12.4 Å². The maximum Gasteiger partial charge on any atom is 0.220 e. The summed E-state index contributed by atoms with van der Waals surface area (Å²) in [6.45, 7) is 0.827. The van der Waals surface area contributed by atoms with E-state index in [2.05, 4.69) is 5.32 Å². The van der Waals surface area contributed by atoms with Gasteiger partial charge in [0.2, 0.25) is 5.91 Å². The van der Waals surface area contributed by atoms with Gasteiger partial charge in [0.1, 0.15) is 5.76 Å². The average molecular weight is 240 g/mol. The van der Waals surface area contributed by atoms with Crippen LogP contribution in [0.2, 0.25) is 0 Å². The molecule has 1 heterocycles. The fourth-order valence-electron chi connectivity index (χ4n) is 1.50. The summed E-state index contributed by atoms with van der Waals surface area (Å²) in [4.78, 5) is 13.3. The lowest BCUT2D eigenvalue weighted by molar-refractivity contribution is -0.121. The maximum atomic E-state index is 11.5. The predicted octanol–water partition coefficient (Wildman–Crippen LogP) is 0.251. The second-order valence-corrected chi connectivity index (χ2v) is 4.30. The zero-order chi connectivity index (χ0) is 12.7. The molecule has 0 aliphatic rings. The molecule has 1 rings (SSSR count). The van der Waals surface area contributed by atoms with E-state index >= 15 is 0 Å². The topological polar surface area (TPSA) is 65.7 Å². The number of carbonyl (C=O) groups is 1. The number of aliphatic hydroxyl groups is 1. The Morgan fingerprint density at radius 1 is 1.59 bits per heavy atom. The summed E-state index contributed by atoms with van der Waals surface area (Å²) in [6.07, 6.45) is 2.02. The van der Waals surface area contributed by atoms with Crippen LogP contribution in [0.1, 0.15) is 12.2 Å². The van der Waals surface area contributed by atoms with E-state index < -0.39 is 6.10 Å². The largest absolute Gasteiger partial charge is 0.469 e. The molecule has 0 saturated carbocycles. The summed E-state index contributed by atoms with van der Waals surface area (Å²) in [6, 6.07) is 3.64. The Labute approximate surface area is 101 Å². The van der Waals surface area contributed by atoms with Crippen LogP contribution in [0.15, 0.2) is 22.8 Å². The van der Waals surface area contributed by atoms with Gasteiger partial charge < -0.3 is 19.7 Å². The van der Waals surface area contributed by atoms with Crippen molar-refractivity contribution in [1.29, 1.82) is 0 Å². The molecule has 17 heavy (non-hydrogen) atoms. The summed E-state index contributed by atoms with van der Waals surface area (Å²) >= 11 is 0. The van der Waals surface area contributed by atoms with Crippen LogP contribution in [0.4, 0.5) is 0 Å². The van der Waals surface area contributed by atoms with E-state index in [1.165, 1.54) is 0 Å². The third-order valence-corrected chi connectivity index (χ3v) is 2.29. The lowest BCUT2D eigenvalue weighted by atomic mass is 10.2. The molecule has 1 atom stereocenters. The number of hydrogen-bond donors (Lipinski definition) is 2. The van der Waals surface area contributed by atoms with E-state index in [-0.39, 0.29) is 12.5 Å². The quantitative estimate of drug-likeness (QED) is 0.717. The van der Waals surface area contributed by atoms with Crippen molar-refractivity contribution in [1.82, 2.24) is 10.2 Å². The maximum absolute atomic E-state index is 11.5. The van der Waals surface area contributed by atoms with Crippen LogP contribution in [-0.4, -0.2) is 49.2 Å². The molecule has 0 bridgehead atoms. The van der Waals surface area contributed by atoms with E-state index in [1.54, 1.807) is 12.3 Å². The van der Waals surface area contributed by atoms with Crippen molar-refractivity contribution >= 4 is 5.91 Å². The van der Waals surface area contributed by atoms with Gasteiger partial charge in [0, 0.05) is 25.9 Å². The highest BCUT2D eigenvalue weighted by Gasteiger charge is 2.08. The van der Waals surface area contributed by atoms with Crippen LogP contribution in [0.3, 0.4) is 0 Å². The van der Waals surface area contributed by atoms with Crippen LogP contribution in [0.5, 0.6) is 0 Å². The molecule has 0 spiro atoms. The molecule has 0 saturated heterocycles. The second kappa shape index (κ2) is 7.09. The molecule has 0 fully saturated rings. The summed E-state index contributed by atoms with van der Waals surface area (Å²) in [5.74, 6) is 0.730. The van der Waals surface area contributed by atoms with E-state index in [0.717, 1.165) is 5.76 Å². The van der Waals surface area contributed by atoms with Crippen molar-refractivity contribution in [3.8, 4) is 0 Å². The Kier molecular flexibility index (Phi) is 5.72. The van der Waals surface area contributed by atoms with Crippen LogP contribution in [0, 0.1) is 0 Å². The first-order valence-electron chi connectivity index (χ1n) is 5.70. The molecule has 0 radical (unpaired) electrons. The lowest BCUT2D eigenvalue weighted by Gasteiger charge is -2.16. The molecule has 0 aromatic carbocycles. The van der Waals surface area contributed by atoms with Crippen LogP contribution >= 0.6 is 0 Å². The summed E-state index contributed by atoms with van der Waals surface area (Å²) in [5.41, 5.74) is 0. The van der Waals surface area contributed by atoms with E-state index in [4.69, 9.17) is 4.42 Å². The normalized spacial score (nSPS) is 12.7. The van der Waals surface area contributed by atoms with Crippen LogP contribution in [0.25, 0.3) is 0 Å². The molecule has 5 nitrogen and oxygen atoms in total. The number of hydrogen-bond acceptors (Lipinski definition) is 4. The Morgan fingerprint density at radius 2 is 2.35 bits per heavy atom. The first-order chi connectivity index (χ1) is 8.08. The number of nitrogens with one attached hydrogen (secondary N) is 1. The number of likely N-dealkylation sites (N-methyl/N-ethyl adjacent to an activating group) is 1. The standard InChI is InChI=1S/C12H20N2O3/c1-14(2)9-10(15)8-13-12(16)6-5-11-4-3-7-17-11/h3-4,7,10,15H,5-6,8-9H2,1-2H3,(H,13,16). The Balaban J connectivity index is 2.13. The highest BCUT2D eigenvalue weighted by atomic mass is 16.3. The molecule has 96 valence electrons. The first-order valence-corrected chi connectivity index (χ1v) is 5.70. The summed E-state index contributed by atoms with van der Waals surface area (Å²) < 4.78 is 5.13. The summed E-state index contributed by atoms with van der Waals surface area (Å²) in [7, 11) is 3.75. The van der Waals surface area contributed by atoms with Crippen molar-refractivity contribution < 1.29 is 14.3 Å². The molecular weight excluding hydrogens is 220 g/mol. The third-order valence-electron chi connectivity index (χ3n) is 2.29. The van der Waals surface area contributed by atoms with Crippen LogP contribution in [-0.2, 0) is 11.2 Å². The Hall–Kier alpha value is -1.33. The lowest BCUT2D eigenvalue weighted by Crippen LogP contribution is -2.37. The second-order valence-electron chi connectivity index (χ2n) is 4.30. The molecule has 0 aliphatic heterocycles. The van der Waals surface area contributed by atoms with Gasteiger partial charge in [-0.05, 0) is 26.2 Å². The van der Waals surface area contributed by atoms with Crippen molar-refractivity contribution in [3.05, 3.63) is 24.2 Å². The molecule has 5 heteroatoms. The average Bonchev–Trinajstić information content (AvgIpc) is 2.75. The molecular formula is C12H20N2O3. The zero-order valence-electron chi connectivity index (χ0n) is 10.3. The zero-order valence-corrected chi connectivity index (χ0v) is 10.3. The monoisotopic (exact) mass is 240 g/mol. The minimum Gasteiger partial charge on any atom is -0.469 e. The van der Waals surface area contributed by atoms with Crippen LogP contribution < -0.4 is 5.32 Å². The van der Waals surface area contributed by atoms with Gasteiger partial charge >= 0.3 is 0 Å². The summed E-state index contributed by atoms with van der Waals surface area (Å²) in [5, 5.41) is 12.2. The number of aliphatic hydroxyl groups excluding tert-OH is 1. The van der Waals surface area contributed by atoms with Crippen molar-refractivity contribution in [2.75, 3.05) is 27.2 Å². The number of aryl methyl sites for hydroxylation is 1. The number of carbonyl (C=O) groups excluding carboxylic acids is 1. The Bertz CT molecular complexity index is 323. The third kappa shape index (κ3) is 6.09. The molecule has 1 amide bonds. The van der Waals surface area contributed by atoms with Crippen molar-refractivity contribution in [3.63, 3.8) is 0 Å². The SMILES string of the molecule is CN(C)CC(O)CNC(=O)CCc1ccco1. The minimum absolute atomic E-state index is 0.0702. The van der Waals surface area contributed by atoms with Crippen molar-refractivity contribution in [2.24, 2.45) is 0 Å². The highest BCUT2D eigenvalue weighted by Crippen LogP contribution is 2.03. The number of rotatable bonds is 7. The van der Waals surface area contributed by atoms with Gasteiger partial charge in [-0.2, -0.15) is 0 Å². The van der Waals surface area contributed by atoms with Gasteiger partial charge in [-0.25, -0.2) is 0 Å². The predicted molar refractivity (Wildman–Crippen MR) is 64.6 cm³/mol. The van der Waals surface area contributed by atoms with Gasteiger partial charge in [0.25, 0.3) is 0 Å². The fraction of sp³-hybridized carbons (Fsp3) is 0.583. The fourth-order valence-corrected chi connectivity index (χ4v) is 1.50. The smallest absolute Gasteiger partial charge is 0.220 e. The van der Waals surface area contributed by atoms with Crippen molar-refractivity contribution in [2.45, 2.75) is 18.9 Å². The highest BCUT2D eigenvalue weighted by molar-refractivity contribution is 5.76. The van der Waals surface area contributed by atoms with E-state index in [1.807, 2.05) is 25.1 Å². The Morgan fingerprint density at radius 3 is 2.94 bits per heavy atom. The molecule has 2 N–H and O–H groups in total. The number of furan rings is 1. The molecule has 1 aromatic heterocycles. The van der Waals surface area contributed by atoms with E-state index in [9.17, 15) is 9.90 Å². The van der Waals surface area contributed by atoms with E-state index in [0.29, 0.717) is 19.4 Å². The molecule has 0 aliphatic carbocycles. The van der Waals surface area contributed by atoms with Gasteiger partial charge in [-0.1, -0.05) is 0 Å². The number of nitrogens with zero attached hydrogens (tertiary/aromatic N) is 1. The molecule has 1 unspecified atom stereocenters. The number of amides is 1. The van der Waals surface area contributed by atoms with Gasteiger partial charge in [-0.15, -0.1) is 0 Å². The first kappa shape index (κ1) is 13.7. The van der Waals surface area contributed by atoms with Gasteiger partial charge in [0.15, 0.2) is 0 Å². The molecule has 1 aromatic rings.